The van der Waals surface area contributed by atoms with Crippen LogP contribution in [0.4, 0.5) is 11.6 Å². The zero-order valence-corrected chi connectivity index (χ0v) is 13.8. The predicted molar refractivity (Wildman–Crippen MR) is 92.8 cm³/mol. The number of aromatic nitrogens is 2. The molecule has 2 rings (SSSR count). The molecular weight excluding hydrogens is 290 g/mol. The van der Waals surface area contributed by atoms with Gasteiger partial charge in [-0.25, -0.2) is 9.97 Å². The van der Waals surface area contributed by atoms with Gasteiger partial charge in [-0.15, -0.1) is 0 Å². The quantitative estimate of drug-likeness (QED) is 0.768. The average molecular weight is 313 g/mol. The summed E-state index contributed by atoms with van der Waals surface area (Å²) >= 11 is 0. The third kappa shape index (κ3) is 5.67. The first-order chi connectivity index (χ1) is 11.0. The van der Waals surface area contributed by atoms with E-state index in [-0.39, 0.29) is 5.91 Å². The van der Waals surface area contributed by atoms with Gasteiger partial charge in [0.25, 0.3) is 5.91 Å². The minimum absolute atomic E-state index is 0.243. The van der Waals surface area contributed by atoms with Gasteiger partial charge in [0, 0.05) is 18.4 Å². The molecule has 1 aromatic heterocycles. The number of hydrogen-bond acceptors (Lipinski definition) is 5. The van der Waals surface area contributed by atoms with E-state index in [9.17, 15) is 4.79 Å². The van der Waals surface area contributed by atoms with Crippen LogP contribution in [0.3, 0.4) is 0 Å². The lowest BCUT2D eigenvalue weighted by Crippen LogP contribution is -2.18. The Morgan fingerprint density at radius 1 is 1.17 bits per heavy atom. The summed E-state index contributed by atoms with van der Waals surface area (Å²) in [6.45, 7) is 3.76. The summed E-state index contributed by atoms with van der Waals surface area (Å²) in [5, 5.41) is 5.97. The molecule has 23 heavy (non-hydrogen) atoms. The van der Waals surface area contributed by atoms with E-state index in [4.69, 9.17) is 0 Å². The van der Waals surface area contributed by atoms with Crippen molar-refractivity contribution < 1.29 is 4.79 Å². The molecule has 2 aromatic rings. The van der Waals surface area contributed by atoms with Crippen molar-refractivity contribution >= 4 is 17.5 Å². The molecule has 0 spiro atoms. The van der Waals surface area contributed by atoms with E-state index in [0.717, 1.165) is 30.8 Å². The highest BCUT2D eigenvalue weighted by molar-refractivity contribution is 6.02. The molecule has 0 radical (unpaired) electrons. The predicted octanol–water partition coefficient (Wildman–Crippen LogP) is 2.40. The van der Waals surface area contributed by atoms with Crippen LogP contribution in [0.1, 0.15) is 22.5 Å². The number of carbonyl (C=O) groups excluding carboxylic acids is 1. The zero-order valence-electron chi connectivity index (χ0n) is 13.8. The van der Waals surface area contributed by atoms with Crippen molar-refractivity contribution in [2.75, 3.05) is 37.8 Å². The van der Waals surface area contributed by atoms with Crippen LogP contribution in [0.25, 0.3) is 0 Å². The molecule has 122 valence electrons. The lowest BCUT2D eigenvalue weighted by Gasteiger charge is -2.10. The molecule has 0 atom stereocenters. The van der Waals surface area contributed by atoms with Gasteiger partial charge in [0.15, 0.2) is 0 Å². The maximum Gasteiger partial charge on any atom is 0.274 e. The van der Waals surface area contributed by atoms with Crippen molar-refractivity contribution in [2.24, 2.45) is 0 Å². The van der Waals surface area contributed by atoms with Crippen LogP contribution < -0.4 is 10.6 Å². The zero-order chi connectivity index (χ0) is 16.7. The Hall–Kier alpha value is -2.47. The lowest BCUT2D eigenvalue weighted by atomic mass is 10.2. The molecule has 1 aromatic carbocycles. The van der Waals surface area contributed by atoms with Crippen LogP contribution in [0.5, 0.6) is 0 Å². The van der Waals surface area contributed by atoms with Gasteiger partial charge in [-0.2, -0.15) is 0 Å². The minimum atomic E-state index is -0.243. The summed E-state index contributed by atoms with van der Waals surface area (Å²) < 4.78 is 0. The van der Waals surface area contributed by atoms with Crippen molar-refractivity contribution in [3.05, 3.63) is 47.8 Å². The molecule has 0 unspecified atom stereocenters. The first kappa shape index (κ1) is 16.9. The molecule has 0 aliphatic heterocycles. The van der Waals surface area contributed by atoms with Gasteiger partial charge in [-0.1, -0.05) is 17.7 Å². The van der Waals surface area contributed by atoms with Crippen molar-refractivity contribution in [3.63, 3.8) is 0 Å². The van der Waals surface area contributed by atoms with Gasteiger partial charge >= 0.3 is 0 Å². The van der Waals surface area contributed by atoms with E-state index in [2.05, 4.69) is 25.5 Å². The van der Waals surface area contributed by atoms with E-state index in [1.165, 1.54) is 0 Å². The SMILES string of the molecule is Cc1ccc(NC(=O)c2ccnc(NCCCN(C)C)n2)cc1. The first-order valence-electron chi connectivity index (χ1n) is 7.64. The fourth-order valence-electron chi connectivity index (χ4n) is 2.00. The molecular formula is C17H23N5O. The molecule has 0 aliphatic carbocycles. The summed E-state index contributed by atoms with van der Waals surface area (Å²) in [6, 6.07) is 9.25. The maximum atomic E-state index is 12.2. The summed E-state index contributed by atoms with van der Waals surface area (Å²) in [5.41, 5.74) is 2.24. The van der Waals surface area contributed by atoms with Crippen molar-refractivity contribution in [2.45, 2.75) is 13.3 Å². The van der Waals surface area contributed by atoms with Crippen molar-refractivity contribution in [1.29, 1.82) is 0 Å². The van der Waals surface area contributed by atoms with Crippen LogP contribution in [0.15, 0.2) is 36.5 Å². The van der Waals surface area contributed by atoms with E-state index < -0.39 is 0 Å². The van der Waals surface area contributed by atoms with Crippen molar-refractivity contribution in [3.8, 4) is 0 Å². The average Bonchev–Trinajstić information content (AvgIpc) is 2.54. The number of hydrogen-bond donors (Lipinski definition) is 2. The number of nitrogens with one attached hydrogen (secondary N) is 2. The summed E-state index contributed by atoms with van der Waals surface area (Å²) in [7, 11) is 4.07. The van der Waals surface area contributed by atoms with Crippen LogP contribution >= 0.6 is 0 Å². The molecule has 6 nitrogen and oxygen atoms in total. The molecule has 0 fully saturated rings. The van der Waals surface area contributed by atoms with Gasteiger partial charge in [0.05, 0.1) is 0 Å². The Morgan fingerprint density at radius 2 is 1.91 bits per heavy atom. The number of benzene rings is 1. The number of anilines is 2. The van der Waals surface area contributed by atoms with Crippen LogP contribution in [-0.2, 0) is 0 Å². The highest BCUT2D eigenvalue weighted by Gasteiger charge is 2.09. The number of rotatable bonds is 7. The maximum absolute atomic E-state index is 12.2. The number of nitrogens with zero attached hydrogens (tertiary/aromatic N) is 3. The molecule has 1 heterocycles. The van der Waals surface area contributed by atoms with Gasteiger partial charge < -0.3 is 15.5 Å². The third-order valence-corrected chi connectivity index (χ3v) is 3.26. The molecule has 2 N–H and O–H groups in total. The molecule has 0 saturated heterocycles. The van der Waals surface area contributed by atoms with Gasteiger partial charge in [-0.05, 0) is 52.2 Å². The van der Waals surface area contributed by atoms with Crippen LogP contribution in [0, 0.1) is 6.92 Å². The number of carbonyl (C=O) groups is 1. The monoisotopic (exact) mass is 313 g/mol. The highest BCUT2D eigenvalue weighted by Crippen LogP contribution is 2.10. The van der Waals surface area contributed by atoms with Gasteiger partial charge in [-0.3, -0.25) is 4.79 Å². The third-order valence-electron chi connectivity index (χ3n) is 3.26. The van der Waals surface area contributed by atoms with E-state index in [1.54, 1.807) is 12.3 Å². The Balaban J connectivity index is 1.92. The lowest BCUT2D eigenvalue weighted by molar-refractivity contribution is 0.102. The largest absolute Gasteiger partial charge is 0.354 e. The molecule has 6 heteroatoms. The fourth-order valence-corrected chi connectivity index (χ4v) is 2.00. The second-order valence-electron chi connectivity index (χ2n) is 5.67. The smallest absolute Gasteiger partial charge is 0.274 e. The fraction of sp³-hybridized carbons (Fsp3) is 0.353. The molecule has 0 aliphatic rings. The number of aryl methyl sites for hydroxylation is 1. The number of amides is 1. The highest BCUT2D eigenvalue weighted by atomic mass is 16.1. The Kier molecular flexibility index (Phi) is 6.05. The van der Waals surface area contributed by atoms with E-state index in [0.29, 0.717) is 11.6 Å². The molecule has 0 saturated carbocycles. The van der Waals surface area contributed by atoms with Crippen molar-refractivity contribution in [1.82, 2.24) is 14.9 Å². The summed E-state index contributed by atoms with van der Waals surface area (Å²) in [5.74, 6) is 0.230. The van der Waals surface area contributed by atoms with Crippen LogP contribution in [-0.4, -0.2) is 48.0 Å². The summed E-state index contributed by atoms with van der Waals surface area (Å²) in [4.78, 5) is 22.8. The van der Waals surface area contributed by atoms with Crippen LogP contribution in [0.2, 0.25) is 0 Å². The molecule has 1 amide bonds. The Labute approximate surface area is 137 Å². The standard InChI is InChI=1S/C17H23N5O/c1-13-5-7-14(8-6-13)20-16(23)15-9-11-19-17(21-15)18-10-4-12-22(2)3/h5-9,11H,4,10,12H2,1-3H3,(H,20,23)(H,18,19,21). The Bertz CT molecular complexity index is 640. The second-order valence-corrected chi connectivity index (χ2v) is 5.67. The second kappa shape index (κ2) is 8.24. The van der Waals surface area contributed by atoms with E-state index in [1.807, 2.05) is 45.3 Å². The van der Waals surface area contributed by atoms with E-state index >= 15 is 0 Å². The first-order valence-corrected chi connectivity index (χ1v) is 7.64. The van der Waals surface area contributed by atoms with Gasteiger partial charge in [0.1, 0.15) is 5.69 Å². The van der Waals surface area contributed by atoms with Gasteiger partial charge in [0.2, 0.25) is 5.95 Å². The normalized spacial score (nSPS) is 10.6. The molecule has 0 bridgehead atoms. The topological polar surface area (TPSA) is 70.2 Å². The minimum Gasteiger partial charge on any atom is -0.354 e. The summed E-state index contributed by atoms with van der Waals surface area (Å²) in [6.07, 6.45) is 2.57. The Morgan fingerprint density at radius 3 is 2.61 bits per heavy atom.